The van der Waals surface area contributed by atoms with Gasteiger partial charge in [-0.1, -0.05) is 12.1 Å². The number of carbonyl (C=O) groups is 2. The Hall–Kier alpha value is -1.84. The molecule has 15 heavy (non-hydrogen) atoms. The van der Waals surface area contributed by atoms with Gasteiger partial charge in [0.05, 0.1) is 17.4 Å². The standard InChI is InChI=1S/C11H13NO3/c1-8(2)15-11(14)9-5-3-4-6-10(9)12-7-13/h3-8H,1-2H3,(H,12,13). The van der Waals surface area contributed by atoms with E-state index in [4.69, 9.17) is 4.74 Å². The molecule has 1 aromatic rings. The Bertz CT molecular complexity index is 361. The van der Waals surface area contributed by atoms with E-state index in [0.29, 0.717) is 17.7 Å². The Kier molecular flexibility index (Phi) is 3.85. The molecule has 4 heteroatoms. The lowest BCUT2D eigenvalue weighted by Crippen LogP contribution is -2.13. The van der Waals surface area contributed by atoms with Gasteiger partial charge in [0.1, 0.15) is 0 Å². The molecule has 0 radical (unpaired) electrons. The lowest BCUT2D eigenvalue weighted by Gasteiger charge is -2.10. The number of anilines is 1. The van der Waals surface area contributed by atoms with Crippen LogP contribution < -0.4 is 5.32 Å². The van der Waals surface area contributed by atoms with Crippen LogP contribution in [0.4, 0.5) is 5.69 Å². The van der Waals surface area contributed by atoms with Gasteiger partial charge in [0.25, 0.3) is 0 Å². The topological polar surface area (TPSA) is 55.4 Å². The molecule has 0 fully saturated rings. The van der Waals surface area contributed by atoms with Crippen LogP contribution in [0.25, 0.3) is 0 Å². The molecule has 0 saturated heterocycles. The molecule has 1 amide bonds. The van der Waals surface area contributed by atoms with Crippen molar-refractivity contribution in [3.63, 3.8) is 0 Å². The first-order valence-electron chi connectivity index (χ1n) is 4.65. The lowest BCUT2D eigenvalue weighted by atomic mass is 10.2. The summed E-state index contributed by atoms with van der Waals surface area (Å²) in [5.74, 6) is -0.435. The molecular formula is C11H13NO3. The molecule has 0 heterocycles. The minimum Gasteiger partial charge on any atom is -0.459 e. The van der Waals surface area contributed by atoms with Gasteiger partial charge in [0.15, 0.2) is 0 Å². The Morgan fingerprint density at radius 3 is 2.67 bits per heavy atom. The molecule has 80 valence electrons. The van der Waals surface area contributed by atoms with E-state index >= 15 is 0 Å². The molecule has 0 bridgehead atoms. The summed E-state index contributed by atoms with van der Waals surface area (Å²) in [6, 6.07) is 6.70. The van der Waals surface area contributed by atoms with Gasteiger partial charge in [-0.25, -0.2) is 4.79 Å². The summed E-state index contributed by atoms with van der Waals surface area (Å²) in [6.45, 7) is 3.54. The van der Waals surface area contributed by atoms with Crippen LogP contribution in [0.3, 0.4) is 0 Å². The number of esters is 1. The van der Waals surface area contributed by atoms with Gasteiger partial charge in [-0.3, -0.25) is 4.79 Å². The highest BCUT2D eigenvalue weighted by atomic mass is 16.5. The van der Waals surface area contributed by atoms with Crippen molar-refractivity contribution in [3.8, 4) is 0 Å². The van der Waals surface area contributed by atoms with Crippen molar-refractivity contribution in [1.29, 1.82) is 0 Å². The third-order valence-electron chi connectivity index (χ3n) is 1.70. The summed E-state index contributed by atoms with van der Waals surface area (Å²) >= 11 is 0. The van der Waals surface area contributed by atoms with Crippen LogP contribution in [-0.4, -0.2) is 18.5 Å². The smallest absolute Gasteiger partial charge is 0.340 e. The van der Waals surface area contributed by atoms with E-state index in [1.165, 1.54) is 0 Å². The largest absolute Gasteiger partial charge is 0.459 e. The SMILES string of the molecule is CC(C)OC(=O)c1ccccc1NC=O. The molecule has 0 aliphatic rings. The van der Waals surface area contributed by atoms with Crippen molar-refractivity contribution in [1.82, 2.24) is 0 Å². The molecule has 0 aromatic heterocycles. The van der Waals surface area contributed by atoms with Crippen LogP contribution in [0, 0.1) is 0 Å². The lowest BCUT2D eigenvalue weighted by molar-refractivity contribution is -0.105. The number of hydrogen-bond acceptors (Lipinski definition) is 3. The van der Waals surface area contributed by atoms with Gasteiger partial charge in [-0.15, -0.1) is 0 Å². The van der Waals surface area contributed by atoms with Gasteiger partial charge in [-0.2, -0.15) is 0 Å². The molecule has 0 saturated carbocycles. The number of ether oxygens (including phenoxy) is 1. The maximum Gasteiger partial charge on any atom is 0.340 e. The molecule has 1 N–H and O–H groups in total. The van der Waals surface area contributed by atoms with Crippen molar-refractivity contribution < 1.29 is 14.3 Å². The summed E-state index contributed by atoms with van der Waals surface area (Å²) in [7, 11) is 0. The fourth-order valence-electron chi connectivity index (χ4n) is 1.13. The van der Waals surface area contributed by atoms with Crippen molar-refractivity contribution in [3.05, 3.63) is 29.8 Å². The zero-order valence-electron chi connectivity index (χ0n) is 8.69. The van der Waals surface area contributed by atoms with Gasteiger partial charge in [-0.05, 0) is 26.0 Å². The van der Waals surface area contributed by atoms with E-state index in [2.05, 4.69) is 5.32 Å². The molecule has 1 aromatic carbocycles. The quantitative estimate of drug-likeness (QED) is 0.605. The molecule has 0 aliphatic heterocycles. The molecule has 0 spiro atoms. The fourth-order valence-corrected chi connectivity index (χ4v) is 1.13. The van der Waals surface area contributed by atoms with Gasteiger partial charge in [0.2, 0.25) is 6.41 Å². The zero-order valence-corrected chi connectivity index (χ0v) is 8.69. The highest BCUT2D eigenvalue weighted by Gasteiger charge is 2.12. The van der Waals surface area contributed by atoms with Crippen molar-refractivity contribution in [2.45, 2.75) is 20.0 Å². The van der Waals surface area contributed by atoms with Gasteiger partial charge < -0.3 is 10.1 Å². The van der Waals surface area contributed by atoms with Crippen LogP contribution in [0.2, 0.25) is 0 Å². The Morgan fingerprint density at radius 1 is 1.40 bits per heavy atom. The van der Waals surface area contributed by atoms with Gasteiger partial charge >= 0.3 is 5.97 Å². The summed E-state index contributed by atoms with van der Waals surface area (Å²) < 4.78 is 5.03. The zero-order chi connectivity index (χ0) is 11.3. The third-order valence-corrected chi connectivity index (χ3v) is 1.70. The second-order valence-corrected chi connectivity index (χ2v) is 3.26. The number of carbonyl (C=O) groups excluding carboxylic acids is 2. The van der Waals surface area contributed by atoms with E-state index in [1.54, 1.807) is 38.1 Å². The summed E-state index contributed by atoms with van der Waals surface area (Å²) in [5, 5.41) is 2.45. The monoisotopic (exact) mass is 207 g/mol. The predicted molar refractivity (Wildman–Crippen MR) is 56.7 cm³/mol. The first-order chi connectivity index (χ1) is 7.15. The second-order valence-electron chi connectivity index (χ2n) is 3.26. The molecular weight excluding hydrogens is 194 g/mol. The highest BCUT2D eigenvalue weighted by molar-refractivity contribution is 5.97. The van der Waals surface area contributed by atoms with Crippen LogP contribution in [0.1, 0.15) is 24.2 Å². The average molecular weight is 207 g/mol. The molecule has 0 aliphatic carbocycles. The van der Waals surface area contributed by atoms with E-state index in [9.17, 15) is 9.59 Å². The number of hydrogen-bond donors (Lipinski definition) is 1. The second kappa shape index (κ2) is 5.14. The molecule has 0 unspecified atom stereocenters. The van der Waals surface area contributed by atoms with E-state index < -0.39 is 5.97 Å². The number of rotatable bonds is 4. The predicted octanol–water partition coefficient (Wildman–Crippen LogP) is 1.82. The molecule has 1 rings (SSSR count). The Labute approximate surface area is 88.2 Å². The van der Waals surface area contributed by atoms with Gasteiger partial charge in [0, 0.05) is 0 Å². The first-order valence-corrected chi connectivity index (χ1v) is 4.65. The van der Waals surface area contributed by atoms with Crippen molar-refractivity contribution in [2.24, 2.45) is 0 Å². The Balaban J connectivity index is 2.91. The van der Waals surface area contributed by atoms with Crippen LogP contribution in [0.15, 0.2) is 24.3 Å². The Morgan fingerprint density at radius 2 is 2.07 bits per heavy atom. The third kappa shape index (κ3) is 3.09. The number of benzene rings is 1. The van der Waals surface area contributed by atoms with Crippen molar-refractivity contribution >= 4 is 18.1 Å². The van der Waals surface area contributed by atoms with Crippen LogP contribution in [-0.2, 0) is 9.53 Å². The van der Waals surface area contributed by atoms with E-state index in [0.717, 1.165) is 0 Å². The number of para-hydroxylation sites is 1. The van der Waals surface area contributed by atoms with Crippen molar-refractivity contribution in [2.75, 3.05) is 5.32 Å². The first kappa shape index (κ1) is 11.2. The normalized spacial score (nSPS) is 9.80. The number of nitrogens with one attached hydrogen (secondary N) is 1. The minimum atomic E-state index is -0.435. The van der Waals surface area contributed by atoms with Crippen LogP contribution in [0.5, 0.6) is 0 Å². The summed E-state index contributed by atoms with van der Waals surface area (Å²) in [5.41, 5.74) is 0.816. The van der Waals surface area contributed by atoms with E-state index in [-0.39, 0.29) is 6.10 Å². The summed E-state index contributed by atoms with van der Waals surface area (Å²) in [6.07, 6.45) is 0.350. The number of amides is 1. The molecule has 0 atom stereocenters. The highest BCUT2D eigenvalue weighted by Crippen LogP contribution is 2.15. The average Bonchev–Trinajstić information content (AvgIpc) is 2.18. The fraction of sp³-hybridized carbons (Fsp3) is 0.273. The van der Waals surface area contributed by atoms with Crippen LogP contribution >= 0.6 is 0 Å². The summed E-state index contributed by atoms with van der Waals surface area (Å²) in [4.78, 5) is 21.9. The maximum atomic E-state index is 11.6. The maximum absolute atomic E-state index is 11.6. The minimum absolute atomic E-state index is 0.179. The van der Waals surface area contributed by atoms with E-state index in [1.807, 2.05) is 0 Å². The molecule has 4 nitrogen and oxygen atoms in total.